The van der Waals surface area contributed by atoms with E-state index in [1.165, 1.54) is 0 Å². The normalized spacial score (nSPS) is 20.5. The number of rotatable bonds is 3. The molecule has 0 aliphatic carbocycles. The van der Waals surface area contributed by atoms with Crippen molar-refractivity contribution in [3.63, 3.8) is 0 Å². The van der Waals surface area contributed by atoms with Crippen molar-refractivity contribution in [3.05, 3.63) is 34.9 Å². The number of hydrogen-bond acceptors (Lipinski definition) is 4. The third kappa shape index (κ3) is 2.06. The standard InChI is InChI=1S/C11H13NO4/c12-9(10(13)14)4-6-1-2-8-7(3-6)5-16-11(8)15/h1-3,9,11,15H,4-5,12H2,(H,13,14)/t9-,11?/m0/s1. The zero-order valence-corrected chi connectivity index (χ0v) is 8.59. The lowest BCUT2D eigenvalue weighted by Gasteiger charge is -2.08. The molecule has 0 spiro atoms. The van der Waals surface area contributed by atoms with Gasteiger partial charge in [-0.1, -0.05) is 18.2 Å². The van der Waals surface area contributed by atoms with E-state index in [9.17, 15) is 9.90 Å². The maximum Gasteiger partial charge on any atom is 0.320 e. The van der Waals surface area contributed by atoms with Gasteiger partial charge in [-0.2, -0.15) is 0 Å². The van der Waals surface area contributed by atoms with E-state index in [4.69, 9.17) is 15.6 Å². The third-order valence-corrected chi connectivity index (χ3v) is 2.64. The zero-order valence-electron chi connectivity index (χ0n) is 8.59. The largest absolute Gasteiger partial charge is 0.480 e. The Bertz CT molecular complexity index is 418. The molecule has 0 fully saturated rings. The van der Waals surface area contributed by atoms with Crippen LogP contribution >= 0.6 is 0 Å². The summed E-state index contributed by atoms with van der Waals surface area (Å²) >= 11 is 0. The van der Waals surface area contributed by atoms with Crippen molar-refractivity contribution < 1.29 is 19.7 Å². The zero-order chi connectivity index (χ0) is 11.7. The second-order valence-electron chi connectivity index (χ2n) is 3.85. The first-order valence-corrected chi connectivity index (χ1v) is 4.97. The average Bonchev–Trinajstić information content (AvgIpc) is 2.60. The monoisotopic (exact) mass is 223 g/mol. The lowest BCUT2D eigenvalue weighted by atomic mass is 10.0. The van der Waals surface area contributed by atoms with Crippen LogP contribution in [0, 0.1) is 0 Å². The fourth-order valence-electron chi connectivity index (χ4n) is 1.75. The molecule has 0 radical (unpaired) electrons. The minimum absolute atomic E-state index is 0.276. The fraction of sp³-hybridized carbons (Fsp3) is 0.364. The van der Waals surface area contributed by atoms with Gasteiger partial charge in [0.05, 0.1) is 6.61 Å². The molecule has 2 atom stereocenters. The quantitative estimate of drug-likeness (QED) is 0.678. The lowest BCUT2D eigenvalue weighted by Crippen LogP contribution is -2.32. The molecule has 1 unspecified atom stereocenters. The van der Waals surface area contributed by atoms with Crippen LogP contribution in [0.4, 0.5) is 0 Å². The molecule has 16 heavy (non-hydrogen) atoms. The number of aliphatic hydroxyl groups excluding tert-OH is 1. The molecular formula is C11H13NO4. The minimum atomic E-state index is -1.02. The third-order valence-electron chi connectivity index (χ3n) is 2.64. The van der Waals surface area contributed by atoms with Gasteiger partial charge >= 0.3 is 5.97 Å². The highest BCUT2D eigenvalue weighted by atomic mass is 16.6. The Morgan fingerprint density at radius 2 is 2.38 bits per heavy atom. The van der Waals surface area contributed by atoms with Crippen LogP contribution in [-0.4, -0.2) is 22.2 Å². The molecule has 1 aliphatic heterocycles. The number of carbonyl (C=O) groups is 1. The molecule has 1 aromatic rings. The number of nitrogens with two attached hydrogens (primary N) is 1. The van der Waals surface area contributed by atoms with Crippen molar-refractivity contribution >= 4 is 5.97 Å². The van der Waals surface area contributed by atoms with Crippen LogP contribution in [0.3, 0.4) is 0 Å². The molecule has 1 aromatic carbocycles. The van der Waals surface area contributed by atoms with Gasteiger partial charge in [0.25, 0.3) is 0 Å². The highest BCUT2D eigenvalue weighted by Gasteiger charge is 2.21. The van der Waals surface area contributed by atoms with Crippen LogP contribution in [0.25, 0.3) is 0 Å². The summed E-state index contributed by atoms with van der Waals surface area (Å²) in [5, 5.41) is 18.1. The van der Waals surface area contributed by atoms with E-state index in [0.29, 0.717) is 6.61 Å². The Kier molecular flexibility index (Phi) is 2.91. The van der Waals surface area contributed by atoms with E-state index in [1.54, 1.807) is 12.1 Å². The first-order chi connectivity index (χ1) is 7.58. The summed E-state index contributed by atoms with van der Waals surface area (Å²) in [4.78, 5) is 10.6. The SMILES string of the molecule is N[C@@H](Cc1ccc2c(c1)COC2O)C(=O)O. The van der Waals surface area contributed by atoms with Crippen molar-refractivity contribution in [2.75, 3.05) is 0 Å². The number of aliphatic hydroxyl groups is 1. The Morgan fingerprint density at radius 1 is 1.62 bits per heavy atom. The van der Waals surface area contributed by atoms with Gasteiger partial charge in [0.1, 0.15) is 6.04 Å². The lowest BCUT2D eigenvalue weighted by molar-refractivity contribution is -0.138. The predicted molar refractivity (Wildman–Crippen MR) is 55.5 cm³/mol. The molecule has 2 rings (SSSR count). The van der Waals surface area contributed by atoms with Gasteiger partial charge in [0.2, 0.25) is 0 Å². The van der Waals surface area contributed by atoms with Crippen LogP contribution in [0.2, 0.25) is 0 Å². The average molecular weight is 223 g/mol. The predicted octanol–water partition coefficient (Wildman–Crippen LogP) is 0.162. The first kappa shape index (κ1) is 11.1. The van der Waals surface area contributed by atoms with Gasteiger partial charge in [-0.3, -0.25) is 4.79 Å². The summed E-state index contributed by atoms with van der Waals surface area (Å²) in [7, 11) is 0. The van der Waals surface area contributed by atoms with Gasteiger partial charge in [-0.25, -0.2) is 0 Å². The smallest absolute Gasteiger partial charge is 0.320 e. The second-order valence-corrected chi connectivity index (χ2v) is 3.85. The molecule has 0 saturated heterocycles. The first-order valence-electron chi connectivity index (χ1n) is 4.97. The Morgan fingerprint density at radius 3 is 3.06 bits per heavy atom. The molecule has 1 aliphatic rings. The van der Waals surface area contributed by atoms with Crippen LogP contribution in [0.5, 0.6) is 0 Å². The molecular weight excluding hydrogens is 210 g/mol. The summed E-state index contributed by atoms with van der Waals surface area (Å²) in [6.45, 7) is 0.354. The van der Waals surface area contributed by atoms with Crippen molar-refractivity contribution in [3.8, 4) is 0 Å². The number of fused-ring (bicyclic) bond motifs is 1. The van der Waals surface area contributed by atoms with Gasteiger partial charge in [0.15, 0.2) is 6.29 Å². The summed E-state index contributed by atoms with van der Waals surface area (Å²) in [6.07, 6.45) is -0.587. The number of carboxylic acid groups (broad SMARTS) is 1. The number of benzene rings is 1. The topological polar surface area (TPSA) is 92.8 Å². The maximum atomic E-state index is 10.6. The highest BCUT2D eigenvalue weighted by molar-refractivity contribution is 5.73. The van der Waals surface area contributed by atoms with Crippen LogP contribution in [0.1, 0.15) is 23.0 Å². The maximum absolute atomic E-state index is 10.6. The molecule has 0 bridgehead atoms. The number of aliphatic carboxylic acids is 1. The fourth-order valence-corrected chi connectivity index (χ4v) is 1.75. The molecule has 86 valence electrons. The van der Waals surface area contributed by atoms with E-state index in [2.05, 4.69) is 0 Å². The van der Waals surface area contributed by atoms with E-state index < -0.39 is 18.3 Å². The van der Waals surface area contributed by atoms with E-state index >= 15 is 0 Å². The van der Waals surface area contributed by atoms with Crippen molar-refractivity contribution in [2.45, 2.75) is 25.4 Å². The van der Waals surface area contributed by atoms with Crippen molar-refractivity contribution in [1.29, 1.82) is 0 Å². The second kappa shape index (κ2) is 4.21. The van der Waals surface area contributed by atoms with Crippen molar-refractivity contribution in [2.24, 2.45) is 5.73 Å². The van der Waals surface area contributed by atoms with E-state index in [0.717, 1.165) is 16.7 Å². The highest BCUT2D eigenvalue weighted by Crippen LogP contribution is 2.29. The van der Waals surface area contributed by atoms with Gasteiger partial charge in [-0.15, -0.1) is 0 Å². The van der Waals surface area contributed by atoms with Gasteiger partial charge in [-0.05, 0) is 17.5 Å². The molecule has 0 saturated carbocycles. The molecule has 5 heteroatoms. The van der Waals surface area contributed by atoms with Gasteiger partial charge in [0, 0.05) is 5.56 Å². The number of carboxylic acids is 1. The van der Waals surface area contributed by atoms with Crippen LogP contribution in [0.15, 0.2) is 18.2 Å². The van der Waals surface area contributed by atoms with Crippen molar-refractivity contribution in [1.82, 2.24) is 0 Å². The van der Waals surface area contributed by atoms with E-state index in [-0.39, 0.29) is 6.42 Å². The minimum Gasteiger partial charge on any atom is -0.480 e. The number of ether oxygens (including phenoxy) is 1. The summed E-state index contributed by atoms with van der Waals surface area (Å²) in [6, 6.07) is 4.44. The van der Waals surface area contributed by atoms with Crippen LogP contribution in [-0.2, 0) is 22.6 Å². The molecule has 0 aromatic heterocycles. The summed E-state index contributed by atoms with van der Waals surface area (Å²) in [5.41, 5.74) is 7.91. The summed E-state index contributed by atoms with van der Waals surface area (Å²) < 4.78 is 5.04. The Labute approximate surface area is 92.5 Å². The van der Waals surface area contributed by atoms with E-state index in [1.807, 2.05) is 6.07 Å². The Balaban J connectivity index is 2.16. The molecule has 0 amide bonds. The van der Waals surface area contributed by atoms with Crippen LogP contribution < -0.4 is 5.73 Å². The Hall–Kier alpha value is -1.43. The number of hydrogen-bond donors (Lipinski definition) is 3. The molecule has 4 N–H and O–H groups in total. The molecule has 1 heterocycles. The van der Waals surface area contributed by atoms with Gasteiger partial charge < -0.3 is 20.7 Å². The molecule has 5 nitrogen and oxygen atoms in total. The summed E-state index contributed by atoms with van der Waals surface area (Å²) in [5.74, 6) is -1.02.